The Morgan fingerprint density at radius 1 is 0.978 bits per heavy atom. The zero-order valence-corrected chi connectivity index (χ0v) is 26.2. The fraction of sp³-hybridized carbons (Fsp3) is 0.235. The molecule has 0 radical (unpaired) electrons. The van der Waals surface area contributed by atoms with E-state index in [4.69, 9.17) is 14.3 Å². The molecule has 2 N–H and O–H groups in total. The lowest BCUT2D eigenvalue weighted by Crippen LogP contribution is -2.54. The summed E-state index contributed by atoms with van der Waals surface area (Å²) < 4.78 is 12.7. The summed E-state index contributed by atoms with van der Waals surface area (Å²) in [5, 5.41) is 2.99. The molecule has 234 valence electrons. The van der Waals surface area contributed by atoms with Crippen molar-refractivity contribution >= 4 is 52.6 Å². The smallest absolute Gasteiger partial charge is 0.366 e. The summed E-state index contributed by atoms with van der Waals surface area (Å²) in [6.07, 6.45) is 5.15. The largest absolute Gasteiger partial charge is 0.454 e. The van der Waals surface area contributed by atoms with E-state index in [0.717, 1.165) is 63.0 Å². The lowest BCUT2D eigenvalue weighted by atomic mass is 9.95. The van der Waals surface area contributed by atoms with Crippen molar-refractivity contribution in [3.05, 3.63) is 92.6 Å². The predicted molar refractivity (Wildman–Crippen MR) is 172 cm³/mol. The van der Waals surface area contributed by atoms with E-state index in [-0.39, 0.29) is 18.1 Å². The number of aromatic nitrogens is 1. The SMILES string of the molecule is Cc1ccc(NOC(=O)c2c(-n3c(C)cc(/C=C4/C(=O)NC(=O)N(c5ccc6c(c5)OCO6)C4=O)c3C)sc3c2CCCC3)cc1. The number of hydrogen-bond donors (Lipinski definition) is 2. The molecular weight excluding hydrogens is 608 g/mol. The van der Waals surface area contributed by atoms with E-state index in [9.17, 15) is 19.2 Å². The van der Waals surface area contributed by atoms with Gasteiger partial charge in [-0.2, -0.15) is 0 Å². The second kappa shape index (κ2) is 11.5. The minimum Gasteiger partial charge on any atom is -0.454 e. The Morgan fingerprint density at radius 2 is 1.74 bits per heavy atom. The number of fused-ring (bicyclic) bond motifs is 2. The molecule has 1 fully saturated rings. The number of rotatable bonds is 6. The molecule has 2 aliphatic heterocycles. The Kier molecular flexibility index (Phi) is 7.36. The van der Waals surface area contributed by atoms with Crippen molar-refractivity contribution in [2.24, 2.45) is 0 Å². The standard InChI is InChI=1S/C34H30N4O7S/c1-18-8-10-22(11-9-18)36-45-33(41)29-24-6-4-5-7-28(24)46-32(29)37-19(2)14-21(20(37)3)15-25-30(39)35-34(42)38(31(25)40)23-12-13-26-27(16-23)44-17-43-26/h8-16,36H,4-7,17H2,1-3H3,(H,35,39,42)/b25-15-. The third kappa shape index (κ3) is 5.10. The molecule has 0 unspecified atom stereocenters. The van der Waals surface area contributed by atoms with Crippen LogP contribution in [0.1, 0.15) is 56.2 Å². The van der Waals surface area contributed by atoms with Crippen molar-refractivity contribution in [1.82, 2.24) is 9.88 Å². The van der Waals surface area contributed by atoms with Crippen molar-refractivity contribution in [3.8, 4) is 16.5 Å². The first-order valence-corrected chi connectivity index (χ1v) is 15.7. The molecule has 0 saturated carbocycles. The summed E-state index contributed by atoms with van der Waals surface area (Å²) in [4.78, 5) is 60.7. The number of carbonyl (C=O) groups excluding carboxylic acids is 4. The maximum atomic E-state index is 13.7. The summed E-state index contributed by atoms with van der Waals surface area (Å²) in [6, 6.07) is 13.2. The number of amides is 4. The molecule has 11 nitrogen and oxygen atoms in total. The van der Waals surface area contributed by atoms with Crippen LogP contribution in [0.3, 0.4) is 0 Å². The van der Waals surface area contributed by atoms with Crippen molar-refractivity contribution in [3.63, 3.8) is 0 Å². The van der Waals surface area contributed by atoms with Crippen LogP contribution in [0, 0.1) is 20.8 Å². The number of benzene rings is 2. The Bertz CT molecular complexity index is 1970. The molecule has 4 aromatic rings. The molecule has 3 aliphatic rings. The zero-order valence-electron chi connectivity index (χ0n) is 25.4. The van der Waals surface area contributed by atoms with Gasteiger partial charge in [0.15, 0.2) is 11.5 Å². The zero-order chi connectivity index (χ0) is 32.1. The highest BCUT2D eigenvalue weighted by molar-refractivity contribution is 7.15. The predicted octanol–water partition coefficient (Wildman–Crippen LogP) is 5.92. The van der Waals surface area contributed by atoms with E-state index < -0.39 is 23.8 Å². The number of barbiturate groups is 1. The average molecular weight is 639 g/mol. The van der Waals surface area contributed by atoms with E-state index in [2.05, 4.69) is 10.8 Å². The summed E-state index contributed by atoms with van der Waals surface area (Å²) in [6.45, 7) is 5.79. The lowest BCUT2D eigenvalue weighted by Gasteiger charge is -2.26. The molecule has 4 heterocycles. The second-order valence-electron chi connectivity index (χ2n) is 11.4. The van der Waals surface area contributed by atoms with Crippen LogP contribution in [0.5, 0.6) is 11.5 Å². The maximum absolute atomic E-state index is 13.7. The van der Waals surface area contributed by atoms with Gasteiger partial charge >= 0.3 is 12.0 Å². The highest BCUT2D eigenvalue weighted by Crippen LogP contribution is 2.40. The molecule has 4 amide bonds. The number of imide groups is 2. The van der Waals surface area contributed by atoms with Crippen LogP contribution in [-0.4, -0.2) is 35.2 Å². The van der Waals surface area contributed by atoms with Gasteiger partial charge in [-0.3, -0.25) is 14.9 Å². The molecule has 1 aliphatic carbocycles. The van der Waals surface area contributed by atoms with Crippen LogP contribution in [0.25, 0.3) is 11.1 Å². The Morgan fingerprint density at radius 3 is 2.54 bits per heavy atom. The highest BCUT2D eigenvalue weighted by atomic mass is 32.1. The molecule has 12 heteroatoms. The third-order valence-electron chi connectivity index (χ3n) is 8.36. The Labute approximate surface area is 268 Å². The van der Waals surface area contributed by atoms with Crippen LogP contribution in [-0.2, 0) is 27.3 Å². The van der Waals surface area contributed by atoms with Gasteiger partial charge in [0.25, 0.3) is 11.8 Å². The minimum absolute atomic E-state index is 0.0358. The first kappa shape index (κ1) is 29.4. The minimum atomic E-state index is -0.858. The van der Waals surface area contributed by atoms with E-state index in [1.807, 2.05) is 55.7 Å². The molecule has 0 bridgehead atoms. The van der Waals surface area contributed by atoms with E-state index in [1.54, 1.807) is 23.5 Å². The Balaban J connectivity index is 1.24. The first-order valence-electron chi connectivity index (χ1n) is 14.9. The lowest BCUT2D eigenvalue weighted by molar-refractivity contribution is -0.122. The molecule has 0 spiro atoms. The monoisotopic (exact) mass is 638 g/mol. The van der Waals surface area contributed by atoms with Gasteiger partial charge in [0, 0.05) is 22.3 Å². The fourth-order valence-electron chi connectivity index (χ4n) is 6.02. The number of aryl methyl sites for hydroxylation is 3. The number of carbonyl (C=O) groups is 4. The molecule has 0 atom stereocenters. The maximum Gasteiger partial charge on any atom is 0.366 e. The van der Waals surface area contributed by atoms with Crippen LogP contribution in [0.15, 0.2) is 54.1 Å². The number of nitrogens with one attached hydrogen (secondary N) is 2. The highest BCUT2D eigenvalue weighted by Gasteiger charge is 2.38. The van der Waals surface area contributed by atoms with Crippen LogP contribution in [0.2, 0.25) is 0 Å². The van der Waals surface area contributed by atoms with Crippen molar-refractivity contribution in [2.75, 3.05) is 17.2 Å². The summed E-state index contributed by atoms with van der Waals surface area (Å²) in [5.41, 5.74) is 8.19. The normalized spacial score (nSPS) is 16.5. The summed E-state index contributed by atoms with van der Waals surface area (Å²) in [5.74, 6) is -1.16. The molecule has 2 aromatic heterocycles. The first-order chi connectivity index (χ1) is 22.2. The molecule has 7 rings (SSSR count). The molecule has 46 heavy (non-hydrogen) atoms. The number of ether oxygens (including phenoxy) is 2. The fourth-order valence-corrected chi connectivity index (χ4v) is 7.50. The van der Waals surface area contributed by atoms with Gasteiger partial charge in [0.05, 0.1) is 11.4 Å². The van der Waals surface area contributed by atoms with Crippen LogP contribution < -0.4 is 25.2 Å². The third-order valence-corrected chi connectivity index (χ3v) is 9.64. The van der Waals surface area contributed by atoms with Crippen molar-refractivity contribution in [1.29, 1.82) is 0 Å². The number of thiophene rings is 1. The number of hydrogen-bond acceptors (Lipinski definition) is 9. The average Bonchev–Trinajstić information content (AvgIpc) is 3.73. The van der Waals surface area contributed by atoms with Gasteiger partial charge in [-0.25, -0.2) is 20.0 Å². The van der Waals surface area contributed by atoms with Gasteiger partial charge in [-0.05, 0) is 94.0 Å². The quantitative estimate of drug-likeness (QED) is 0.151. The van der Waals surface area contributed by atoms with E-state index in [0.29, 0.717) is 28.3 Å². The topological polar surface area (TPSA) is 128 Å². The van der Waals surface area contributed by atoms with E-state index >= 15 is 0 Å². The summed E-state index contributed by atoms with van der Waals surface area (Å²) >= 11 is 1.56. The van der Waals surface area contributed by atoms with E-state index in [1.165, 1.54) is 12.1 Å². The summed E-state index contributed by atoms with van der Waals surface area (Å²) in [7, 11) is 0. The molecule has 1 saturated heterocycles. The van der Waals surface area contributed by atoms with Gasteiger partial charge in [0.2, 0.25) is 6.79 Å². The Hall–Kier alpha value is -5.36. The molecule has 2 aromatic carbocycles. The van der Waals surface area contributed by atoms with Gasteiger partial charge < -0.3 is 18.9 Å². The number of anilines is 2. The van der Waals surface area contributed by atoms with Crippen LogP contribution in [0.4, 0.5) is 16.2 Å². The number of urea groups is 1. The van der Waals surface area contributed by atoms with Gasteiger partial charge in [0.1, 0.15) is 16.1 Å². The second-order valence-corrected chi connectivity index (χ2v) is 12.5. The molecular formula is C34H30N4O7S. The van der Waals surface area contributed by atoms with Crippen molar-refractivity contribution in [2.45, 2.75) is 46.5 Å². The van der Waals surface area contributed by atoms with Crippen molar-refractivity contribution < 1.29 is 33.5 Å². The van der Waals surface area contributed by atoms with Gasteiger partial charge in [-0.1, -0.05) is 17.7 Å². The van der Waals surface area contributed by atoms with Gasteiger partial charge in [-0.15, -0.1) is 11.3 Å². The van der Waals surface area contributed by atoms with Crippen LogP contribution >= 0.6 is 11.3 Å². The number of nitrogens with zero attached hydrogens (tertiary/aromatic N) is 2.